The standard InChI is InChI=1S/C12H13Cl2NO2/c1-17-12(16)9-6-15-5-8(9)7-2-3-10(13)11(14)4-7/h2-4,8-9,15H,5-6H2,1H3/t8-,9-/m1/s1. The van der Waals surface area contributed by atoms with Gasteiger partial charge in [0.25, 0.3) is 0 Å². The van der Waals surface area contributed by atoms with Crippen molar-refractivity contribution in [3.8, 4) is 0 Å². The highest BCUT2D eigenvalue weighted by Gasteiger charge is 2.34. The fourth-order valence-corrected chi connectivity index (χ4v) is 2.48. The molecule has 1 aromatic carbocycles. The molecule has 1 aliphatic rings. The molecule has 1 aromatic rings. The molecule has 5 heteroatoms. The van der Waals surface area contributed by atoms with Crippen LogP contribution in [0.5, 0.6) is 0 Å². The van der Waals surface area contributed by atoms with E-state index in [4.69, 9.17) is 27.9 Å². The van der Waals surface area contributed by atoms with Gasteiger partial charge in [-0.15, -0.1) is 0 Å². The molecule has 2 rings (SSSR count). The van der Waals surface area contributed by atoms with Crippen molar-refractivity contribution in [2.24, 2.45) is 5.92 Å². The summed E-state index contributed by atoms with van der Waals surface area (Å²) in [4.78, 5) is 11.6. The minimum Gasteiger partial charge on any atom is -0.469 e. The van der Waals surface area contributed by atoms with Crippen molar-refractivity contribution in [2.45, 2.75) is 5.92 Å². The van der Waals surface area contributed by atoms with Gasteiger partial charge in [-0.05, 0) is 17.7 Å². The van der Waals surface area contributed by atoms with Gasteiger partial charge < -0.3 is 10.1 Å². The highest BCUT2D eigenvalue weighted by Crippen LogP contribution is 2.32. The Hall–Kier alpha value is -0.770. The van der Waals surface area contributed by atoms with Gasteiger partial charge in [-0.1, -0.05) is 29.3 Å². The first-order chi connectivity index (χ1) is 8.13. The van der Waals surface area contributed by atoms with Crippen LogP contribution in [0.3, 0.4) is 0 Å². The van der Waals surface area contributed by atoms with E-state index in [-0.39, 0.29) is 17.8 Å². The lowest BCUT2D eigenvalue weighted by Crippen LogP contribution is -2.22. The van der Waals surface area contributed by atoms with E-state index in [1.807, 2.05) is 12.1 Å². The Bertz CT molecular complexity index is 437. The summed E-state index contributed by atoms with van der Waals surface area (Å²) in [6.45, 7) is 1.38. The molecule has 0 unspecified atom stereocenters. The zero-order valence-electron chi connectivity index (χ0n) is 9.37. The predicted molar refractivity (Wildman–Crippen MR) is 67.6 cm³/mol. The maximum atomic E-state index is 11.6. The van der Waals surface area contributed by atoms with Crippen LogP contribution in [0.25, 0.3) is 0 Å². The summed E-state index contributed by atoms with van der Waals surface area (Å²) in [5.74, 6) is -0.250. The van der Waals surface area contributed by atoms with E-state index in [0.717, 1.165) is 12.1 Å². The van der Waals surface area contributed by atoms with Crippen LogP contribution in [0.4, 0.5) is 0 Å². The van der Waals surface area contributed by atoms with Gasteiger partial charge in [0.05, 0.1) is 23.1 Å². The minimum absolute atomic E-state index is 0.0946. The second kappa shape index (κ2) is 5.25. The van der Waals surface area contributed by atoms with Crippen LogP contribution in [0.2, 0.25) is 10.0 Å². The van der Waals surface area contributed by atoms with E-state index < -0.39 is 0 Å². The van der Waals surface area contributed by atoms with E-state index in [9.17, 15) is 4.79 Å². The van der Waals surface area contributed by atoms with Gasteiger partial charge in [0.15, 0.2) is 0 Å². The number of hydrogen-bond acceptors (Lipinski definition) is 3. The fraction of sp³-hybridized carbons (Fsp3) is 0.417. The number of halogens is 2. The Balaban J connectivity index is 2.26. The van der Waals surface area contributed by atoms with Crippen molar-refractivity contribution in [1.29, 1.82) is 0 Å². The number of rotatable bonds is 2. The number of esters is 1. The fourth-order valence-electron chi connectivity index (χ4n) is 2.17. The lowest BCUT2D eigenvalue weighted by atomic mass is 9.89. The van der Waals surface area contributed by atoms with Gasteiger partial charge >= 0.3 is 5.97 Å². The van der Waals surface area contributed by atoms with E-state index in [1.165, 1.54) is 7.11 Å². The molecule has 17 heavy (non-hydrogen) atoms. The van der Waals surface area contributed by atoms with Gasteiger partial charge in [-0.2, -0.15) is 0 Å². The zero-order chi connectivity index (χ0) is 12.4. The quantitative estimate of drug-likeness (QED) is 0.842. The first-order valence-electron chi connectivity index (χ1n) is 5.37. The Labute approximate surface area is 110 Å². The molecule has 3 nitrogen and oxygen atoms in total. The number of methoxy groups -OCH3 is 1. The van der Waals surface area contributed by atoms with Crippen LogP contribution in [0.1, 0.15) is 11.5 Å². The molecule has 0 aromatic heterocycles. The molecule has 1 heterocycles. The molecule has 92 valence electrons. The van der Waals surface area contributed by atoms with Crippen LogP contribution >= 0.6 is 23.2 Å². The molecule has 1 fully saturated rings. The van der Waals surface area contributed by atoms with Gasteiger partial charge in [-0.25, -0.2) is 0 Å². The maximum absolute atomic E-state index is 11.6. The van der Waals surface area contributed by atoms with Crippen molar-refractivity contribution in [3.63, 3.8) is 0 Å². The Morgan fingerprint density at radius 3 is 2.76 bits per heavy atom. The highest BCUT2D eigenvalue weighted by atomic mass is 35.5. The molecule has 0 amide bonds. The van der Waals surface area contributed by atoms with Crippen LogP contribution in [-0.4, -0.2) is 26.2 Å². The van der Waals surface area contributed by atoms with Gasteiger partial charge in [-0.3, -0.25) is 4.79 Å². The summed E-state index contributed by atoms with van der Waals surface area (Å²) in [6, 6.07) is 5.48. The molecule has 1 aliphatic heterocycles. The molecule has 2 atom stereocenters. The van der Waals surface area contributed by atoms with Crippen LogP contribution in [0.15, 0.2) is 18.2 Å². The third-order valence-electron chi connectivity index (χ3n) is 3.09. The molecule has 0 radical (unpaired) electrons. The predicted octanol–water partition coefficient (Wildman–Crippen LogP) is 2.47. The van der Waals surface area contributed by atoms with Crippen LogP contribution in [-0.2, 0) is 9.53 Å². The second-order valence-electron chi connectivity index (χ2n) is 4.07. The van der Waals surface area contributed by atoms with E-state index >= 15 is 0 Å². The number of ether oxygens (including phenoxy) is 1. The Kier molecular flexibility index (Phi) is 3.92. The number of hydrogen-bond donors (Lipinski definition) is 1. The SMILES string of the molecule is COC(=O)[C@@H]1CNC[C@@H]1c1ccc(Cl)c(Cl)c1. The third kappa shape index (κ3) is 2.57. The van der Waals surface area contributed by atoms with Gasteiger partial charge in [0.2, 0.25) is 0 Å². The molecule has 1 N–H and O–H groups in total. The summed E-state index contributed by atoms with van der Waals surface area (Å²) >= 11 is 11.9. The molecule has 0 bridgehead atoms. The van der Waals surface area contributed by atoms with Crippen molar-refractivity contribution in [3.05, 3.63) is 33.8 Å². The van der Waals surface area contributed by atoms with Gasteiger partial charge in [0.1, 0.15) is 0 Å². The number of nitrogens with one attached hydrogen (secondary N) is 1. The summed E-state index contributed by atoms with van der Waals surface area (Å²) in [7, 11) is 1.41. The van der Waals surface area contributed by atoms with E-state index in [0.29, 0.717) is 16.6 Å². The molecule has 0 saturated carbocycles. The van der Waals surface area contributed by atoms with Crippen LogP contribution in [0, 0.1) is 5.92 Å². The zero-order valence-corrected chi connectivity index (χ0v) is 10.9. The van der Waals surface area contributed by atoms with Crippen molar-refractivity contribution in [2.75, 3.05) is 20.2 Å². The molecule has 0 aliphatic carbocycles. The smallest absolute Gasteiger partial charge is 0.310 e. The number of carbonyl (C=O) groups excluding carboxylic acids is 1. The lowest BCUT2D eigenvalue weighted by Gasteiger charge is -2.17. The lowest BCUT2D eigenvalue weighted by molar-refractivity contribution is -0.145. The van der Waals surface area contributed by atoms with Gasteiger partial charge in [0, 0.05) is 19.0 Å². The monoisotopic (exact) mass is 273 g/mol. The van der Waals surface area contributed by atoms with Crippen molar-refractivity contribution < 1.29 is 9.53 Å². The topological polar surface area (TPSA) is 38.3 Å². The Morgan fingerprint density at radius 2 is 2.12 bits per heavy atom. The number of carbonyl (C=O) groups is 1. The highest BCUT2D eigenvalue weighted by molar-refractivity contribution is 6.42. The number of benzene rings is 1. The molecule has 0 spiro atoms. The molecular weight excluding hydrogens is 261 g/mol. The van der Waals surface area contributed by atoms with Crippen molar-refractivity contribution >= 4 is 29.2 Å². The third-order valence-corrected chi connectivity index (χ3v) is 3.83. The molecular formula is C12H13Cl2NO2. The summed E-state index contributed by atoms with van der Waals surface area (Å²) < 4.78 is 4.80. The summed E-state index contributed by atoms with van der Waals surface area (Å²) in [5, 5.41) is 4.23. The van der Waals surface area contributed by atoms with E-state index in [2.05, 4.69) is 5.32 Å². The summed E-state index contributed by atoms with van der Waals surface area (Å²) in [5.41, 5.74) is 1.01. The largest absolute Gasteiger partial charge is 0.469 e. The average molecular weight is 274 g/mol. The van der Waals surface area contributed by atoms with E-state index in [1.54, 1.807) is 6.07 Å². The summed E-state index contributed by atoms with van der Waals surface area (Å²) in [6.07, 6.45) is 0. The molecule has 1 saturated heterocycles. The minimum atomic E-state index is -0.189. The Morgan fingerprint density at radius 1 is 1.35 bits per heavy atom. The van der Waals surface area contributed by atoms with Crippen LogP contribution < -0.4 is 5.32 Å². The first kappa shape index (κ1) is 12.7. The second-order valence-corrected chi connectivity index (χ2v) is 4.88. The maximum Gasteiger partial charge on any atom is 0.310 e. The normalized spacial score (nSPS) is 23.7. The average Bonchev–Trinajstić information content (AvgIpc) is 2.80. The first-order valence-corrected chi connectivity index (χ1v) is 6.12. The van der Waals surface area contributed by atoms with Crippen molar-refractivity contribution in [1.82, 2.24) is 5.32 Å².